The van der Waals surface area contributed by atoms with Gasteiger partial charge in [0.1, 0.15) is 0 Å². The molecule has 3 N–H and O–H groups in total. The normalized spacial score (nSPS) is 13.9. The van der Waals surface area contributed by atoms with Crippen LogP contribution in [0.15, 0.2) is 53.4 Å². The van der Waals surface area contributed by atoms with E-state index in [1.807, 2.05) is 24.3 Å². The van der Waals surface area contributed by atoms with Crippen molar-refractivity contribution >= 4 is 41.0 Å². The van der Waals surface area contributed by atoms with E-state index in [4.69, 9.17) is 0 Å². The Morgan fingerprint density at radius 1 is 0.897 bits per heavy atom. The van der Waals surface area contributed by atoms with Crippen molar-refractivity contribution in [2.24, 2.45) is 0 Å². The van der Waals surface area contributed by atoms with Gasteiger partial charge >= 0.3 is 0 Å². The van der Waals surface area contributed by atoms with Gasteiger partial charge in [0.2, 0.25) is 17.8 Å². The van der Waals surface area contributed by atoms with Gasteiger partial charge in [-0.3, -0.25) is 0 Å². The van der Waals surface area contributed by atoms with Crippen LogP contribution in [-0.2, 0) is 0 Å². The molecule has 8 heteroatoms. The summed E-state index contributed by atoms with van der Waals surface area (Å²) in [5.74, 6) is 1.74. The average molecular weight is 408 g/mol. The predicted molar refractivity (Wildman–Crippen MR) is 121 cm³/mol. The zero-order valence-corrected chi connectivity index (χ0v) is 17.5. The minimum absolute atomic E-state index is 0.528. The van der Waals surface area contributed by atoms with Crippen molar-refractivity contribution in [3.05, 3.63) is 54.1 Å². The fraction of sp³-hybridized carbons (Fsp3) is 0.286. The first-order valence-electron chi connectivity index (χ1n) is 9.66. The average Bonchev–Trinajstić information content (AvgIpc) is 2.75. The van der Waals surface area contributed by atoms with E-state index in [1.165, 1.54) is 10.5 Å². The van der Waals surface area contributed by atoms with E-state index in [1.54, 1.807) is 11.8 Å². The fourth-order valence-electron chi connectivity index (χ4n) is 3.14. The molecule has 0 saturated carbocycles. The Morgan fingerprint density at radius 3 is 2.24 bits per heavy atom. The Balaban J connectivity index is 1.63. The summed E-state index contributed by atoms with van der Waals surface area (Å²) >= 11 is 1.72. The van der Waals surface area contributed by atoms with Gasteiger partial charge in [-0.25, -0.2) is 0 Å². The third-order valence-electron chi connectivity index (χ3n) is 4.64. The third kappa shape index (κ3) is 5.16. The zero-order valence-electron chi connectivity index (χ0n) is 16.6. The van der Waals surface area contributed by atoms with E-state index in [-0.39, 0.29) is 0 Å². The highest BCUT2D eigenvalue weighted by molar-refractivity contribution is 7.98. The molecule has 1 aliphatic heterocycles. The topological polar surface area (TPSA) is 78.0 Å². The van der Waals surface area contributed by atoms with Gasteiger partial charge in [0.15, 0.2) is 0 Å². The van der Waals surface area contributed by atoms with Crippen LogP contribution < -0.4 is 20.9 Å². The zero-order chi connectivity index (χ0) is 20.1. The molecule has 1 aliphatic rings. The monoisotopic (exact) mass is 407 g/mol. The Kier molecular flexibility index (Phi) is 6.12. The first-order valence-corrected chi connectivity index (χ1v) is 10.9. The van der Waals surface area contributed by atoms with Crippen LogP contribution in [0.3, 0.4) is 0 Å². The van der Waals surface area contributed by atoms with Crippen molar-refractivity contribution in [3.8, 4) is 0 Å². The van der Waals surface area contributed by atoms with Crippen molar-refractivity contribution < 1.29 is 0 Å². The molecular formula is C21H25N7S. The molecule has 2 heterocycles. The summed E-state index contributed by atoms with van der Waals surface area (Å²) in [4.78, 5) is 17.3. The lowest BCUT2D eigenvalue weighted by Crippen LogP contribution is -2.44. The van der Waals surface area contributed by atoms with Gasteiger partial charge in [-0.1, -0.05) is 12.1 Å². The van der Waals surface area contributed by atoms with Gasteiger partial charge in [-0.2, -0.15) is 15.0 Å². The number of hydrogen-bond acceptors (Lipinski definition) is 8. The molecule has 150 valence electrons. The highest BCUT2D eigenvalue weighted by Gasteiger charge is 2.16. The van der Waals surface area contributed by atoms with Gasteiger partial charge in [0, 0.05) is 42.4 Å². The maximum Gasteiger partial charge on any atom is 0.233 e. The molecule has 2 aromatic carbocycles. The van der Waals surface area contributed by atoms with Crippen molar-refractivity contribution in [2.45, 2.75) is 11.8 Å². The highest BCUT2D eigenvalue weighted by Crippen LogP contribution is 2.23. The SMILES string of the molecule is CSc1ccc(Nc2nc(Nc3cccc(C)c3)nc(N3CCNCC3)n2)cc1. The van der Waals surface area contributed by atoms with Crippen LogP contribution in [0.2, 0.25) is 0 Å². The molecule has 0 amide bonds. The molecule has 0 atom stereocenters. The molecule has 0 spiro atoms. The number of thioether (sulfide) groups is 1. The van der Waals surface area contributed by atoms with Crippen molar-refractivity contribution in [3.63, 3.8) is 0 Å². The molecule has 0 radical (unpaired) electrons. The van der Waals surface area contributed by atoms with E-state index >= 15 is 0 Å². The van der Waals surface area contributed by atoms with Gasteiger partial charge in [0.05, 0.1) is 0 Å². The summed E-state index contributed by atoms with van der Waals surface area (Å²) in [5.41, 5.74) is 3.08. The standard InChI is InChI=1S/C21H25N7S/c1-15-4-3-5-17(14-15)24-20-25-19(23-16-6-8-18(29-2)9-7-16)26-21(27-20)28-12-10-22-11-13-28/h3-9,14,22H,10-13H2,1-2H3,(H2,23,24,25,26,27). The first kappa shape index (κ1) is 19.5. The molecule has 1 saturated heterocycles. The van der Waals surface area contributed by atoms with Crippen molar-refractivity contribution in [2.75, 3.05) is 48.0 Å². The summed E-state index contributed by atoms with van der Waals surface area (Å²) < 4.78 is 0. The fourth-order valence-corrected chi connectivity index (χ4v) is 3.55. The second-order valence-electron chi connectivity index (χ2n) is 6.87. The predicted octanol–water partition coefficient (Wildman–Crippen LogP) is 3.80. The summed E-state index contributed by atoms with van der Waals surface area (Å²) in [7, 11) is 0. The summed E-state index contributed by atoms with van der Waals surface area (Å²) in [5, 5.41) is 10.0. The molecule has 0 bridgehead atoms. The molecular weight excluding hydrogens is 382 g/mol. The molecule has 4 rings (SSSR count). The number of rotatable bonds is 6. The number of nitrogens with zero attached hydrogens (tertiary/aromatic N) is 4. The largest absolute Gasteiger partial charge is 0.338 e. The lowest BCUT2D eigenvalue weighted by molar-refractivity contribution is 0.579. The van der Waals surface area contributed by atoms with Gasteiger partial charge in [0.25, 0.3) is 0 Å². The summed E-state index contributed by atoms with van der Waals surface area (Å²) in [6.45, 7) is 5.65. The van der Waals surface area contributed by atoms with Crippen LogP contribution in [0.5, 0.6) is 0 Å². The number of piperazine rings is 1. The maximum absolute atomic E-state index is 4.67. The number of aryl methyl sites for hydroxylation is 1. The number of nitrogens with one attached hydrogen (secondary N) is 3. The Morgan fingerprint density at radius 2 is 1.59 bits per heavy atom. The van der Waals surface area contributed by atoms with Crippen LogP contribution in [0, 0.1) is 6.92 Å². The van der Waals surface area contributed by atoms with Crippen LogP contribution in [0.25, 0.3) is 0 Å². The van der Waals surface area contributed by atoms with Crippen LogP contribution >= 0.6 is 11.8 Å². The van der Waals surface area contributed by atoms with E-state index in [0.717, 1.165) is 37.6 Å². The molecule has 0 unspecified atom stereocenters. The molecule has 1 fully saturated rings. The Hall–Kier alpha value is -2.84. The Bertz CT molecular complexity index is 955. The number of aromatic nitrogens is 3. The van der Waals surface area contributed by atoms with E-state index in [2.05, 4.69) is 73.2 Å². The second-order valence-corrected chi connectivity index (χ2v) is 7.75. The molecule has 7 nitrogen and oxygen atoms in total. The first-order chi connectivity index (χ1) is 14.2. The second kappa shape index (κ2) is 9.11. The van der Waals surface area contributed by atoms with E-state index in [0.29, 0.717) is 17.8 Å². The Labute approximate surface area is 175 Å². The molecule has 29 heavy (non-hydrogen) atoms. The quantitative estimate of drug-likeness (QED) is 0.533. The van der Waals surface area contributed by atoms with E-state index < -0.39 is 0 Å². The number of benzene rings is 2. The number of hydrogen-bond donors (Lipinski definition) is 3. The third-order valence-corrected chi connectivity index (χ3v) is 5.39. The minimum atomic E-state index is 0.528. The summed E-state index contributed by atoms with van der Waals surface area (Å²) in [6.07, 6.45) is 2.07. The lowest BCUT2D eigenvalue weighted by Gasteiger charge is -2.27. The highest BCUT2D eigenvalue weighted by atomic mass is 32.2. The van der Waals surface area contributed by atoms with Crippen LogP contribution in [-0.4, -0.2) is 47.4 Å². The van der Waals surface area contributed by atoms with Crippen molar-refractivity contribution in [1.82, 2.24) is 20.3 Å². The minimum Gasteiger partial charge on any atom is -0.338 e. The summed E-state index contributed by atoms with van der Waals surface area (Å²) in [6, 6.07) is 16.4. The van der Waals surface area contributed by atoms with E-state index in [9.17, 15) is 0 Å². The molecule has 1 aromatic heterocycles. The van der Waals surface area contributed by atoms with Crippen LogP contribution in [0.4, 0.5) is 29.2 Å². The molecule has 3 aromatic rings. The molecule has 0 aliphatic carbocycles. The lowest BCUT2D eigenvalue weighted by atomic mass is 10.2. The van der Waals surface area contributed by atoms with Gasteiger partial charge < -0.3 is 20.9 Å². The van der Waals surface area contributed by atoms with Crippen LogP contribution in [0.1, 0.15) is 5.56 Å². The smallest absolute Gasteiger partial charge is 0.233 e. The number of anilines is 5. The van der Waals surface area contributed by atoms with Gasteiger partial charge in [-0.05, 0) is 55.1 Å². The maximum atomic E-state index is 4.67. The van der Waals surface area contributed by atoms with Gasteiger partial charge in [-0.15, -0.1) is 11.8 Å². The van der Waals surface area contributed by atoms with Crippen molar-refractivity contribution in [1.29, 1.82) is 0 Å².